The highest BCUT2D eigenvalue weighted by atomic mass is 35.5. The summed E-state index contributed by atoms with van der Waals surface area (Å²) in [6.45, 7) is 1.93. The van der Waals surface area contributed by atoms with E-state index < -0.39 is 0 Å². The van der Waals surface area contributed by atoms with Crippen LogP contribution >= 0.6 is 11.6 Å². The number of likely N-dealkylation sites (tertiary alicyclic amines) is 1. The van der Waals surface area contributed by atoms with Crippen LogP contribution in [0.5, 0.6) is 0 Å². The molecule has 1 amide bonds. The Morgan fingerprint density at radius 3 is 2.65 bits per heavy atom. The fourth-order valence-corrected chi connectivity index (χ4v) is 4.85. The van der Waals surface area contributed by atoms with Crippen LogP contribution in [-0.4, -0.2) is 29.8 Å². The summed E-state index contributed by atoms with van der Waals surface area (Å²) in [6, 6.07) is 0. The predicted molar refractivity (Wildman–Crippen MR) is 69.0 cm³/mol. The van der Waals surface area contributed by atoms with E-state index in [2.05, 4.69) is 0 Å². The lowest BCUT2D eigenvalue weighted by Gasteiger charge is -2.55. The van der Waals surface area contributed by atoms with Crippen LogP contribution < -0.4 is 0 Å². The number of fused-ring (bicyclic) bond motifs is 2. The molecule has 1 unspecified atom stereocenters. The standard InChI is InChI=1S/C14H22ClNO/c15-9-13(17)16-7-1-6-14(10-16)8-11-2-4-12(14)5-3-11/h11-12H,1-10H2. The lowest BCUT2D eigenvalue weighted by molar-refractivity contribution is -0.136. The summed E-state index contributed by atoms with van der Waals surface area (Å²) in [5.74, 6) is 2.14. The van der Waals surface area contributed by atoms with Crippen LogP contribution in [0.2, 0.25) is 0 Å². The number of alkyl halides is 1. The molecule has 1 aliphatic heterocycles. The molecule has 4 rings (SSSR count). The van der Waals surface area contributed by atoms with Crippen LogP contribution in [0.4, 0.5) is 0 Å². The van der Waals surface area contributed by atoms with E-state index in [1.54, 1.807) is 0 Å². The van der Waals surface area contributed by atoms with Gasteiger partial charge in [-0.3, -0.25) is 4.79 Å². The number of carbonyl (C=O) groups excluding carboxylic acids is 1. The zero-order valence-corrected chi connectivity index (χ0v) is 11.2. The minimum atomic E-state index is 0.146. The Balaban J connectivity index is 1.76. The predicted octanol–water partition coefficient (Wildman–Crippen LogP) is 3.04. The third-order valence-electron chi connectivity index (χ3n) is 5.48. The third-order valence-corrected chi connectivity index (χ3v) is 5.71. The van der Waals surface area contributed by atoms with Crippen molar-refractivity contribution in [1.29, 1.82) is 0 Å². The summed E-state index contributed by atoms with van der Waals surface area (Å²) in [7, 11) is 0. The summed E-state index contributed by atoms with van der Waals surface area (Å²) in [5, 5.41) is 0. The quantitative estimate of drug-likeness (QED) is 0.660. The minimum absolute atomic E-state index is 0.146. The first-order valence-electron chi connectivity index (χ1n) is 7.07. The second kappa shape index (κ2) is 4.46. The molecule has 3 aliphatic carbocycles. The first-order chi connectivity index (χ1) is 8.23. The number of hydrogen-bond donors (Lipinski definition) is 0. The van der Waals surface area contributed by atoms with E-state index in [1.807, 2.05) is 4.90 Å². The van der Waals surface area contributed by atoms with Crippen LogP contribution in [-0.2, 0) is 4.79 Å². The summed E-state index contributed by atoms with van der Waals surface area (Å²) >= 11 is 5.70. The minimum Gasteiger partial charge on any atom is -0.341 e. The van der Waals surface area contributed by atoms with Crippen molar-refractivity contribution >= 4 is 17.5 Å². The van der Waals surface area contributed by atoms with Crippen molar-refractivity contribution in [3.63, 3.8) is 0 Å². The Bertz CT molecular complexity index is 311. The SMILES string of the molecule is O=C(CCl)N1CCCC2(CC3CCC2CC3)C1. The molecule has 3 heteroatoms. The van der Waals surface area contributed by atoms with Gasteiger partial charge in [0.15, 0.2) is 0 Å². The van der Waals surface area contributed by atoms with Gasteiger partial charge in [0.05, 0.1) is 0 Å². The number of amides is 1. The van der Waals surface area contributed by atoms with Crippen molar-refractivity contribution in [3.8, 4) is 0 Å². The zero-order chi connectivity index (χ0) is 11.9. The van der Waals surface area contributed by atoms with Gasteiger partial charge in [-0.05, 0) is 49.4 Å². The van der Waals surface area contributed by atoms with E-state index in [9.17, 15) is 4.79 Å². The van der Waals surface area contributed by atoms with Crippen molar-refractivity contribution in [2.24, 2.45) is 17.3 Å². The van der Waals surface area contributed by atoms with E-state index in [1.165, 1.54) is 44.9 Å². The molecular formula is C14H22ClNO. The summed E-state index contributed by atoms with van der Waals surface area (Å²) in [4.78, 5) is 13.8. The molecule has 0 aromatic heterocycles. The molecule has 0 radical (unpaired) electrons. The molecule has 1 saturated heterocycles. The van der Waals surface area contributed by atoms with Crippen molar-refractivity contribution < 1.29 is 4.79 Å². The molecule has 4 aliphatic rings. The van der Waals surface area contributed by atoms with Gasteiger partial charge < -0.3 is 4.90 Å². The van der Waals surface area contributed by atoms with Gasteiger partial charge in [-0.2, -0.15) is 0 Å². The summed E-state index contributed by atoms with van der Waals surface area (Å²) in [5.41, 5.74) is 0.473. The van der Waals surface area contributed by atoms with Gasteiger partial charge in [0.25, 0.3) is 0 Å². The number of rotatable bonds is 1. The Labute approximate surface area is 109 Å². The van der Waals surface area contributed by atoms with Crippen molar-refractivity contribution in [1.82, 2.24) is 4.90 Å². The van der Waals surface area contributed by atoms with Crippen molar-refractivity contribution in [2.45, 2.75) is 44.9 Å². The molecule has 0 aromatic carbocycles. The lowest BCUT2D eigenvalue weighted by atomic mass is 9.53. The molecule has 0 aromatic rings. The largest absolute Gasteiger partial charge is 0.341 e. The van der Waals surface area contributed by atoms with E-state index in [4.69, 9.17) is 11.6 Å². The molecule has 2 bridgehead atoms. The highest BCUT2D eigenvalue weighted by Crippen LogP contribution is 2.56. The van der Waals surface area contributed by atoms with Gasteiger partial charge in [-0.1, -0.05) is 12.8 Å². The van der Waals surface area contributed by atoms with Gasteiger partial charge in [-0.25, -0.2) is 0 Å². The van der Waals surface area contributed by atoms with Crippen molar-refractivity contribution in [2.75, 3.05) is 19.0 Å². The average molecular weight is 256 g/mol. The topological polar surface area (TPSA) is 20.3 Å². The summed E-state index contributed by atoms with van der Waals surface area (Å²) in [6.07, 6.45) is 9.61. The second-order valence-electron chi connectivity index (χ2n) is 6.34. The first kappa shape index (κ1) is 11.8. The Kier molecular flexibility index (Phi) is 3.10. The molecular weight excluding hydrogens is 234 g/mol. The first-order valence-corrected chi connectivity index (χ1v) is 7.61. The Morgan fingerprint density at radius 1 is 1.29 bits per heavy atom. The molecule has 4 fully saturated rings. The number of carbonyl (C=O) groups is 1. The van der Waals surface area contributed by atoms with Gasteiger partial charge >= 0.3 is 0 Å². The smallest absolute Gasteiger partial charge is 0.237 e. The van der Waals surface area contributed by atoms with Gasteiger partial charge in [0.1, 0.15) is 5.88 Å². The summed E-state index contributed by atoms with van der Waals surface area (Å²) < 4.78 is 0. The number of nitrogens with zero attached hydrogens (tertiary/aromatic N) is 1. The molecule has 1 heterocycles. The van der Waals surface area contributed by atoms with Crippen LogP contribution in [0, 0.1) is 17.3 Å². The average Bonchev–Trinajstić information content (AvgIpc) is 2.39. The van der Waals surface area contributed by atoms with E-state index >= 15 is 0 Å². The number of hydrogen-bond acceptors (Lipinski definition) is 1. The maximum atomic E-state index is 11.8. The van der Waals surface area contributed by atoms with Crippen LogP contribution in [0.15, 0.2) is 0 Å². The van der Waals surface area contributed by atoms with Gasteiger partial charge in [0.2, 0.25) is 5.91 Å². The molecule has 2 nitrogen and oxygen atoms in total. The third kappa shape index (κ3) is 1.99. The maximum Gasteiger partial charge on any atom is 0.237 e. The Hall–Kier alpha value is -0.240. The van der Waals surface area contributed by atoms with Crippen LogP contribution in [0.1, 0.15) is 44.9 Å². The zero-order valence-electron chi connectivity index (χ0n) is 10.5. The van der Waals surface area contributed by atoms with E-state index in [-0.39, 0.29) is 11.8 Å². The molecule has 96 valence electrons. The van der Waals surface area contributed by atoms with Crippen LogP contribution in [0.3, 0.4) is 0 Å². The second-order valence-corrected chi connectivity index (χ2v) is 6.60. The normalized spacial score (nSPS) is 40.9. The fourth-order valence-electron chi connectivity index (χ4n) is 4.68. The van der Waals surface area contributed by atoms with E-state index in [0.717, 1.165) is 24.9 Å². The Morgan fingerprint density at radius 2 is 2.06 bits per heavy atom. The molecule has 1 atom stereocenters. The number of piperidine rings is 1. The maximum absolute atomic E-state index is 11.8. The van der Waals surface area contributed by atoms with Gasteiger partial charge in [0, 0.05) is 13.1 Å². The monoisotopic (exact) mass is 255 g/mol. The molecule has 0 N–H and O–H groups in total. The highest BCUT2D eigenvalue weighted by molar-refractivity contribution is 6.27. The molecule has 3 saturated carbocycles. The van der Waals surface area contributed by atoms with E-state index in [0.29, 0.717) is 5.41 Å². The lowest BCUT2D eigenvalue weighted by Crippen LogP contribution is -2.53. The molecule has 17 heavy (non-hydrogen) atoms. The number of halogens is 1. The van der Waals surface area contributed by atoms with Crippen molar-refractivity contribution in [3.05, 3.63) is 0 Å². The molecule has 1 spiro atoms. The van der Waals surface area contributed by atoms with Crippen LogP contribution in [0.25, 0.3) is 0 Å². The highest BCUT2D eigenvalue weighted by Gasteiger charge is 2.49. The van der Waals surface area contributed by atoms with Gasteiger partial charge in [-0.15, -0.1) is 11.6 Å². The fraction of sp³-hybridized carbons (Fsp3) is 0.929.